The lowest BCUT2D eigenvalue weighted by Crippen LogP contribution is -2.20. The van der Waals surface area contributed by atoms with Crippen molar-refractivity contribution in [2.75, 3.05) is 19.0 Å². The highest BCUT2D eigenvalue weighted by atomic mass is 16.5. The highest BCUT2D eigenvalue weighted by molar-refractivity contribution is 5.89. The van der Waals surface area contributed by atoms with Crippen molar-refractivity contribution in [2.24, 2.45) is 0 Å². The summed E-state index contributed by atoms with van der Waals surface area (Å²) in [5, 5.41) is 9.92. The monoisotopic (exact) mass is 315 g/mol. The van der Waals surface area contributed by atoms with E-state index >= 15 is 0 Å². The lowest BCUT2D eigenvalue weighted by Gasteiger charge is -2.06. The Hall–Kier alpha value is -3.29. The van der Waals surface area contributed by atoms with Crippen molar-refractivity contribution in [3.8, 4) is 23.1 Å². The average Bonchev–Trinajstić information content (AvgIpc) is 3.24. The maximum Gasteiger partial charge on any atom is 0.322 e. The van der Waals surface area contributed by atoms with E-state index in [1.165, 1.54) is 6.26 Å². The maximum absolute atomic E-state index is 11.8. The van der Waals surface area contributed by atoms with Gasteiger partial charge in [-0.3, -0.25) is 10.1 Å². The fraction of sp³-hybridized carbons (Fsp3) is 0.133. The van der Waals surface area contributed by atoms with Gasteiger partial charge in [-0.1, -0.05) is 5.10 Å². The van der Waals surface area contributed by atoms with Gasteiger partial charge in [0.1, 0.15) is 11.5 Å². The molecule has 0 saturated heterocycles. The SMILES string of the molecule is COc1ccc(OCC(=O)Nc2nnc(-c3ccco3)o2)cc1. The molecule has 0 bridgehead atoms. The highest BCUT2D eigenvalue weighted by Gasteiger charge is 2.13. The van der Waals surface area contributed by atoms with Gasteiger partial charge in [-0.25, -0.2) is 0 Å². The zero-order valence-electron chi connectivity index (χ0n) is 12.2. The van der Waals surface area contributed by atoms with Crippen molar-refractivity contribution in [3.05, 3.63) is 42.7 Å². The summed E-state index contributed by atoms with van der Waals surface area (Å²) in [6, 6.07) is 10.2. The first-order valence-electron chi connectivity index (χ1n) is 6.68. The molecule has 0 fully saturated rings. The van der Waals surface area contributed by atoms with Gasteiger partial charge in [-0.15, -0.1) is 5.10 Å². The number of aromatic nitrogens is 2. The topological polar surface area (TPSA) is 99.6 Å². The number of anilines is 1. The smallest absolute Gasteiger partial charge is 0.322 e. The van der Waals surface area contributed by atoms with E-state index < -0.39 is 5.91 Å². The Bertz CT molecular complexity index is 765. The van der Waals surface area contributed by atoms with Gasteiger partial charge in [0.15, 0.2) is 12.4 Å². The Morgan fingerprint density at radius 2 is 1.96 bits per heavy atom. The number of rotatable bonds is 6. The number of carbonyl (C=O) groups excluding carboxylic acids is 1. The van der Waals surface area contributed by atoms with Crippen LogP contribution in [0.2, 0.25) is 0 Å². The minimum atomic E-state index is -0.421. The molecule has 2 aromatic heterocycles. The molecular weight excluding hydrogens is 302 g/mol. The van der Waals surface area contributed by atoms with Gasteiger partial charge in [0, 0.05) is 0 Å². The maximum atomic E-state index is 11.8. The second-order valence-corrected chi connectivity index (χ2v) is 4.40. The van der Waals surface area contributed by atoms with Gasteiger partial charge in [-0.05, 0) is 36.4 Å². The second-order valence-electron chi connectivity index (χ2n) is 4.40. The summed E-state index contributed by atoms with van der Waals surface area (Å²) in [4.78, 5) is 11.8. The number of nitrogens with zero attached hydrogens (tertiary/aromatic N) is 2. The van der Waals surface area contributed by atoms with Gasteiger partial charge in [0.05, 0.1) is 13.4 Å². The summed E-state index contributed by atoms with van der Waals surface area (Å²) in [7, 11) is 1.57. The fourth-order valence-corrected chi connectivity index (χ4v) is 1.75. The van der Waals surface area contributed by atoms with Crippen molar-refractivity contribution < 1.29 is 23.1 Å². The third-order valence-corrected chi connectivity index (χ3v) is 2.83. The van der Waals surface area contributed by atoms with E-state index in [0.717, 1.165) is 0 Å². The molecule has 2 heterocycles. The van der Waals surface area contributed by atoms with Crippen LogP contribution < -0.4 is 14.8 Å². The van der Waals surface area contributed by atoms with Crippen LogP contribution in [0.4, 0.5) is 6.01 Å². The minimum absolute atomic E-state index is 0.0280. The Balaban J connectivity index is 1.53. The third-order valence-electron chi connectivity index (χ3n) is 2.83. The first-order valence-corrected chi connectivity index (χ1v) is 6.68. The molecule has 0 aliphatic rings. The summed E-state index contributed by atoms with van der Waals surface area (Å²) < 4.78 is 20.8. The van der Waals surface area contributed by atoms with E-state index in [0.29, 0.717) is 17.3 Å². The molecule has 3 rings (SSSR count). The van der Waals surface area contributed by atoms with Gasteiger partial charge in [0.25, 0.3) is 11.8 Å². The summed E-state index contributed by atoms with van der Waals surface area (Å²) in [5.74, 6) is 1.44. The van der Waals surface area contributed by atoms with E-state index in [1.807, 2.05) is 0 Å². The van der Waals surface area contributed by atoms with E-state index in [4.69, 9.17) is 18.3 Å². The highest BCUT2D eigenvalue weighted by Crippen LogP contribution is 2.20. The largest absolute Gasteiger partial charge is 0.497 e. The van der Waals surface area contributed by atoms with E-state index in [1.54, 1.807) is 43.5 Å². The lowest BCUT2D eigenvalue weighted by atomic mass is 10.3. The van der Waals surface area contributed by atoms with Crippen molar-refractivity contribution in [3.63, 3.8) is 0 Å². The van der Waals surface area contributed by atoms with Crippen molar-refractivity contribution >= 4 is 11.9 Å². The Morgan fingerprint density at radius 1 is 1.17 bits per heavy atom. The van der Waals surface area contributed by atoms with Crippen LogP contribution in [-0.2, 0) is 4.79 Å². The molecule has 1 aromatic carbocycles. The predicted molar refractivity (Wildman–Crippen MR) is 79.1 cm³/mol. The number of furan rings is 1. The average molecular weight is 315 g/mol. The first-order chi connectivity index (χ1) is 11.2. The molecular formula is C15H13N3O5. The standard InChI is InChI=1S/C15H13N3O5/c1-20-10-4-6-11(7-5-10)22-9-13(19)16-15-18-17-14(23-15)12-3-2-8-21-12/h2-8H,9H2,1H3,(H,16,18,19). The van der Waals surface area contributed by atoms with E-state index in [2.05, 4.69) is 15.5 Å². The molecule has 0 atom stereocenters. The van der Waals surface area contributed by atoms with Crippen molar-refractivity contribution in [1.82, 2.24) is 10.2 Å². The molecule has 0 spiro atoms. The summed E-state index contributed by atoms with van der Waals surface area (Å²) in [6.45, 7) is -0.190. The summed E-state index contributed by atoms with van der Waals surface area (Å²) >= 11 is 0. The van der Waals surface area contributed by atoms with E-state index in [9.17, 15) is 4.79 Å². The molecule has 118 valence electrons. The first kappa shape index (κ1) is 14.6. The Kier molecular flexibility index (Phi) is 4.23. The predicted octanol–water partition coefficient (Wildman–Crippen LogP) is 2.36. The lowest BCUT2D eigenvalue weighted by molar-refractivity contribution is -0.118. The number of hydrogen-bond donors (Lipinski definition) is 1. The molecule has 0 unspecified atom stereocenters. The van der Waals surface area contributed by atoms with Gasteiger partial charge < -0.3 is 18.3 Å². The molecule has 8 nitrogen and oxygen atoms in total. The minimum Gasteiger partial charge on any atom is -0.497 e. The molecule has 1 amide bonds. The molecule has 0 aliphatic carbocycles. The fourth-order valence-electron chi connectivity index (χ4n) is 1.75. The van der Waals surface area contributed by atoms with Crippen LogP contribution in [0.15, 0.2) is 51.5 Å². The Labute approximate surface area is 131 Å². The normalized spacial score (nSPS) is 10.3. The van der Waals surface area contributed by atoms with Crippen LogP contribution in [0.25, 0.3) is 11.7 Å². The van der Waals surface area contributed by atoms with Crippen molar-refractivity contribution in [1.29, 1.82) is 0 Å². The van der Waals surface area contributed by atoms with Crippen LogP contribution in [0.3, 0.4) is 0 Å². The number of hydrogen-bond acceptors (Lipinski definition) is 7. The zero-order chi connectivity index (χ0) is 16.1. The molecule has 1 N–H and O–H groups in total. The molecule has 0 aliphatic heterocycles. The van der Waals surface area contributed by atoms with Crippen LogP contribution in [-0.4, -0.2) is 29.8 Å². The number of nitrogens with one attached hydrogen (secondary N) is 1. The van der Waals surface area contributed by atoms with Crippen LogP contribution >= 0.6 is 0 Å². The van der Waals surface area contributed by atoms with Gasteiger partial charge in [0.2, 0.25) is 0 Å². The quantitative estimate of drug-likeness (QED) is 0.745. The van der Waals surface area contributed by atoms with Gasteiger partial charge in [-0.2, -0.15) is 0 Å². The number of ether oxygens (including phenoxy) is 2. The molecule has 3 aromatic rings. The second kappa shape index (κ2) is 6.65. The molecule has 8 heteroatoms. The third kappa shape index (κ3) is 3.67. The molecule has 23 heavy (non-hydrogen) atoms. The number of benzene rings is 1. The zero-order valence-corrected chi connectivity index (χ0v) is 12.2. The number of carbonyl (C=O) groups is 1. The Morgan fingerprint density at radius 3 is 2.65 bits per heavy atom. The molecule has 0 radical (unpaired) electrons. The number of amides is 1. The summed E-state index contributed by atoms with van der Waals surface area (Å²) in [6.07, 6.45) is 1.49. The van der Waals surface area contributed by atoms with Crippen LogP contribution in [0, 0.1) is 0 Å². The van der Waals surface area contributed by atoms with Crippen LogP contribution in [0.1, 0.15) is 0 Å². The summed E-state index contributed by atoms with van der Waals surface area (Å²) in [5.41, 5.74) is 0. The van der Waals surface area contributed by atoms with Gasteiger partial charge >= 0.3 is 6.01 Å². The molecule has 0 saturated carbocycles. The van der Waals surface area contributed by atoms with E-state index in [-0.39, 0.29) is 18.5 Å². The number of methoxy groups -OCH3 is 1. The van der Waals surface area contributed by atoms with Crippen LogP contribution in [0.5, 0.6) is 11.5 Å². The van der Waals surface area contributed by atoms with Crippen molar-refractivity contribution in [2.45, 2.75) is 0 Å².